The molecule has 3 aromatic carbocycles. The fourth-order valence-electron chi connectivity index (χ4n) is 2.70. The van der Waals surface area contributed by atoms with Crippen molar-refractivity contribution >= 4 is 11.6 Å². The van der Waals surface area contributed by atoms with Gasteiger partial charge in [0.15, 0.2) is 0 Å². The van der Waals surface area contributed by atoms with Gasteiger partial charge < -0.3 is 10.2 Å². The Kier molecular flexibility index (Phi) is 5.96. The Labute approximate surface area is 148 Å². The maximum Gasteiger partial charge on any atom is 0.241 e. The quantitative estimate of drug-likeness (QED) is 0.710. The zero-order valence-corrected chi connectivity index (χ0v) is 14.1. The number of anilines is 1. The first-order valence-electron chi connectivity index (χ1n) is 8.47. The van der Waals surface area contributed by atoms with Crippen molar-refractivity contribution in [2.24, 2.45) is 0 Å². The molecule has 3 nitrogen and oxygen atoms in total. The Morgan fingerprint density at radius 3 is 1.84 bits per heavy atom. The molecule has 3 rings (SSSR count). The summed E-state index contributed by atoms with van der Waals surface area (Å²) < 4.78 is 0. The van der Waals surface area contributed by atoms with E-state index >= 15 is 0 Å². The molecule has 0 saturated carbocycles. The van der Waals surface area contributed by atoms with E-state index in [9.17, 15) is 4.79 Å². The van der Waals surface area contributed by atoms with E-state index in [0.29, 0.717) is 19.6 Å². The van der Waals surface area contributed by atoms with Crippen LogP contribution < -0.4 is 10.2 Å². The van der Waals surface area contributed by atoms with E-state index in [1.807, 2.05) is 83.8 Å². The van der Waals surface area contributed by atoms with Crippen LogP contribution in [0.1, 0.15) is 11.1 Å². The number of carbonyl (C=O) groups excluding carboxylic acids is 1. The van der Waals surface area contributed by atoms with Crippen molar-refractivity contribution in [3.05, 3.63) is 102 Å². The molecule has 0 aliphatic carbocycles. The molecule has 0 aliphatic rings. The van der Waals surface area contributed by atoms with Gasteiger partial charge in [0.2, 0.25) is 5.91 Å². The summed E-state index contributed by atoms with van der Waals surface area (Å²) >= 11 is 0. The predicted molar refractivity (Wildman–Crippen MR) is 102 cm³/mol. The van der Waals surface area contributed by atoms with Crippen molar-refractivity contribution in [2.45, 2.75) is 13.1 Å². The van der Waals surface area contributed by atoms with E-state index in [0.717, 1.165) is 11.3 Å². The Morgan fingerprint density at radius 2 is 1.24 bits per heavy atom. The Morgan fingerprint density at radius 1 is 0.720 bits per heavy atom. The second-order valence-electron chi connectivity index (χ2n) is 5.89. The van der Waals surface area contributed by atoms with E-state index in [-0.39, 0.29) is 5.91 Å². The fraction of sp³-hybridized carbons (Fsp3) is 0.136. The molecule has 1 N–H and O–H groups in total. The molecule has 25 heavy (non-hydrogen) atoms. The highest BCUT2D eigenvalue weighted by atomic mass is 16.2. The van der Waals surface area contributed by atoms with E-state index in [2.05, 4.69) is 17.4 Å². The number of rotatable bonds is 7. The van der Waals surface area contributed by atoms with Crippen LogP contribution >= 0.6 is 0 Å². The first kappa shape index (κ1) is 16.9. The summed E-state index contributed by atoms with van der Waals surface area (Å²) in [5.41, 5.74) is 3.20. The Hall–Kier alpha value is -2.91. The van der Waals surface area contributed by atoms with E-state index in [1.54, 1.807) is 0 Å². The molecular formula is C22H22N2O. The molecule has 0 atom stereocenters. The number of carbonyl (C=O) groups is 1. The van der Waals surface area contributed by atoms with Gasteiger partial charge >= 0.3 is 0 Å². The lowest BCUT2D eigenvalue weighted by Gasteiger charge is -2.23. The Bertz CT molecular complexity index is 773. The highest BCUT2D eigenvalue weighted by Gasteiger charge is 2.15. The van der Waals surface area contributed by atoms with Crippen LogP contribution in [0.3, 0.4) is 0 Å². The zero-order chi connectivity index (χ0) is 17.3. The molecule has 0 aromatic heterocycles. The second kappa shape index (κ2) is 8.81. The third kappa shape index (κ3) is 5.03. The largest absolute Gasteiger partial charge is 0.307 e. The van der Waals surface area contributed by atoms with Gasteiger partial charge in [-0.25, -0.2) is 0 Å². The number of para-hydroxylation sites is 1. The number of hydrogen-bond acceptors (Lipinski definition) is 2. The standard InChI is InChI=1S/C22H22N2O/c25-22(17-23-16-19-10-4-1-5-11-19)24(21-14-8-3-9-15-21)18-20-12-6-2-7-13-20/h1-15,23H,16-18H2. The summed E-state index contributed by atoms with van der Waals surface area (Å²) in [5, 5.41) is 3.25. The van der Waals surface area contributed by atoms with Crippen molar-refractivity contribution in [1.29, 1.82) is 0 Å². The summed E-state index contributed by atoms with van der Waals surface area (Å²) in [7, 11) is 0. The summed E-state index contributed by atoms with van der Waals surface area (Å²) in [5.74, 6) is 0.0611. The molecule has 126 valence electrons. The first-order valence-corrected chi connectivity index (χ1v) is 8.47. The van der Waals surface area contributed by atoms with Crippen LogP contribution in [0.25, 0.3) is 0 Å². The molecule has 3 aromatic rings. The summed E-state index contributed by atoms with van der Waals surface area (Å²) in [6.45, 7) is 1.55. The van der Waals surface area contributed by atoms with Crippen molar-refractivity contribution in [3.8, 4) is 0 Å². The average molecular weight is 330 g/mol. The van der Waals surface area contributed by atoms with Gasteiger partial charge in [0.05, 0.1) is 13.1 Å². The van der Waals surface area contributed by atoms with Gasteiger partial charge in [-0.05, 0) is 23.3 Å². The van der Waals surface area contributed by atoms with Crippen molar-refractivity contribution in [1.82, 2.24) is 5.32 Å². The lowest BCUT2D eigenvalue weighted by atomic mass is 10.2. The van der Waals surface area contributed by atoms with Gasteiger partial charge in [0, 0.05) is 12.2 Å². The van der Waals surface area contributed by atoms with Crippen molar-refractivity contribution in [3.63, 3.8) is 0 Å². The van der Waals surface area contributed by atoms with Gasteiger partial charge in [0.1, 0.15) is 0 Å². The van der Waals surface area contributed by atoms with Gasteiger partial charge in [-0.2, -0.15) is 0 Å². The number of benzene rings is 3. The van der Waals surface area contributed by atoms with Crippen molar-refractivity contribution < 1.29 is 4.79 Å². The average Bonchev–Trinajstić information content (AvgIpc) is 2.68. The third-order valence-corrected chi connectivity index (χ3v) is 4.00. The molecule has 0 unspecified atom stereocenters. The lowest BCUT2D eigenvalue weighted by molar-refractivity contribution is -0.118. The summed E-state index contributed by atoms with van der Waals surface area (Å²) in [4.78, 5) is 14.6. The summed E-state index contributed by atoms with van der Waals surface area (Å²) in [6, 6.07) is 30.0. The molecule has 0 fully saturated rings. The molecule has 0 heterocycles. The topological polar surface area (TPSA) is 32.3 Å². The number of nitrogens with one attached hydrogen (secondary N) is 1. The zero-order valence-electron chi connectivity index (χ0n) is 14.1. The fourth-order valence-corrected chi connectivity index (χ4v) is 2.70. The highest BCUT2D eigenvalue weighted by molar-refractivity contribution is 5.94. The number of nitrogens with zero attached hydrogens (tertiary/aromatic N) is 1. The maximum absolute atomic E-state index is 12.8. The smallest absolute Gasteiger partial charge is 0.241 e. The minimum atomic E-state index is 0.0611. The van der Waals surface area contributed by atoms with Gasteiger partial charge in [0.25, 0.3) is 0 Å². The van der Waals surface area contributed by atoms with Crippen LogP contribution in [0.2, 0.25) is 0 Å². The molecule has 0 bridgehead atoms. The molecule has 0 spiro atoms. The minimum absolute atomic E-state index is 0.0611. The van der Waals surface area contributed by atoms with Crippen LogP contribution in [0.5, 0.6) is 0 Å². The normalized spacial score (nSPS) is 10.4. The first-order chi connectivity index (χ1) is 12.3. The van der Waals surface area contributed by atoms with E-state index in [1.165, 1.54) is 5.56 Å². The minimum Gasteiger partial charge on any atom is -0.307 e. The van der Waals surface area contributed by atoms with Crippen LogP contribution in [0, 0.1) is 0 Å². The van der Waals surface area contributed by atoms with Gasteiger partial charge in [-0.1, -0.05) is 78.9 Å². The lowest BCUT2D eigenvalue weighted by Crippen LogP contribution is -2.37. The number of amides is 1. The van der Waals surface area contributed by atoms with Crippen molar-refractivity contribution in [2.75, 3.05) is 11.4 Å². The van der Waals surface area contributed by atoms with Crippen LogP contribution in [-0.2, 0) is 17.9 Å². The second-order valence-corrected chi connectivity index (χ2v) is 5.89. The molecule has 0 saturated heterocycles. The summed E-state index contributed by atoms with van der Waals surface area (Å²) in [6.07, 6.45) is 0. The van der Waals surface area contributed by atoms with E-state index in [4.69, 9.17) is 0 Å². The SMILES string of the molecule is O=C(CNCc1ccccc1)N(Cc1ccccc1)c1ccccc1. The van der Waals surface area contributed by atoms with Crippen LogP contribution in [-0.4, -0.2) is 12.5 Å². The predicted octanol–water partition coefficient (Wildman–Crippen LogP) is 4.01. The van der Waals surface area contributed by atoms with Gasteiger partial charge in [-0.3, -0.25) is 4.79 Å². The molecule has 1 amide bonds. The van der Waals surface area contributed by atoms with Crippen LogP contribution in [0.4, 0.5) is 5.69 Å². The van der Waals surface area contributed by atoms with E-state index < -0.39 is 0 Å². The van der Waals surface area contributed by atoms with Crippen LogP contribution in [0.15, 0.2) is 91.0 Å². The molecule has 3 heteroatoms. The molecular weight excluding hydrogens is 308 g/mol. The van der Waals surface area contributed by atoms with Gasteiger partial charge in [-0.15, -0.1) is 0 Å². The number of hydrogen-bond donors (Lipinski definition) is 1. The monoisotopic (exact) mass is 330 g/mol. The third-order valence-electron chi connectivity index (χ3n) is 4.00. The molecule has 0 radical (unpaired) electrons. The highest BCUT2D eigenvalue weighted by Crippen LogP contribution is 2.17. The molecule has 0 aliphatic heterocycles. The maximum atomic E-state index is 12.8. The Balaban J connectivity index is 1.67.